The number of aliphatic hydroxyl groups is 1. The van der Waals surface area contributed by atoms with Crippen molar-refractivity contribution in [3.63, 3.8) is 0 Å². The van der Waals surface area contributed by atoms with Crippen LogP contribution in [0.25, 0.3) is 16.9 Å². The predicted molar refractivity (Wildman–Crippen MR) is 125 cm³/mol. The zero-order chi connectivity index (χ0) is 21.0. The molecule has 0 amide bonds. The van der Waals surface area contributed by atoms with E-state index in [0.29, 0.717) is 6.42 Å². The number of benzene rings is 2. The van der Waals surface area contributed by atoms with Crippen molar-refractivity contribution in [2.24, 2.45) is 0 Å². The molecule has 0 aliphatic heterocycles. The number of hydrogen-bond acceptors (Lipinski definition) is 1. The molecule has 0 saturated heterocycles. The van der Waals surface area contributed by atoms with Crippen LogP contribution in [0.15, 0.2) is 36.4 Å². The second-order valence-electron chi connectivity index (χ2n) is 7.03. The molecule has 3 rings (SSSR count). The second-order valence-corrected chi connectivity index (χ2v) is 12.7. The van der Waals surface area contributed by atoms with E-state index >= 15 is 0 Å². The van der Waals surface area contributed by atoms with Crippen LogP contribution < -0.4 is 0 Å². The van der Waals surface area contributed by atoms with E-state index in [9.17, 15) is 0 Å². The van der Waals surface area contributed by atoms with Gasteiger partial charge < -0.3 is 25.2 Å². The largest absolute Gasteiger partial charge is 0.358 e. The van der Waals surface area contributed by atoms with Gasteiger partial charge in [0.05, 0.1) is 0 Å². The minimum Gasteiger partial charge on any atom is -0.358 e. The maximum atomic E-state index is 7.81. The van der Waals surface area contributed by atoms with E-state index in [0.717, 1.165) is 6.42 Å². The molecule has 0 atom stereocenters. The summed E-state index contributed by atoms with van der Waals surface area (Å²) in [7, 11) is 10.2. The molecule has 0 unspecified atom stereocenters. The van der Waals surface area contributed by atoms with Crippen LogP contribution in [0.2, 0.25) is 0 Å². The first-order valence-electron chi connectivity index (χ1n) is 8.74. The summed E-state index contributed by atoms with van der Waals surface area (Å²) >= 11 is -1.64. The molecule has 28 heavy (non-hydrogen) atoms. The molecule has 0 saturated carbocycles. The molecule has 158 valence electrons. The first-order valence-corrected chi connectivity index (χ1v) is 14.1. The Kier molecular flexibility index (Phi) is 16.3. The number of rotatable bonds is 1. The molecule has 0 aromatic heterocycles. The van der Waals surface area contributed by atoms with Crippen LogP contribution in [0.3, 0.4) is 0 Å². The normalized spacial score (nSPS) is 10.3. The molecule has 0 heterocycles. The van der Waals surface area contributed by atoms with Gasteiger partial charge in [0.25, 0.3) is 0 Å². The maximum Gasteiger partial charge on any atom is -0.358 e. The zero-order valence-electron chi connectivity index (χ0n) is 17.7. The summed E-state index contributed by atoms with van der Waals surface area (Å²) in [5, 5.41) is 7.81. The number of fused-ring (bicyclic) bond motifs is 3. The molecule has 0 spiro atoms. The molecule has 5 heteroatoms. The van der Waals surface area contributed by atoms with Gasteiger partial charge in [-0.2, -0.15) is 30.2 Å². The van der Waals surface area contributed by atoms with Crippen LogP contribution in [0.1, 0.15) is 43.9 Å². The van der Waals surface area contributed by atoms with Crippen molar-refractivity contribution in [1.82, 2.24) is 0 Å². The summed E-state index contributed by atoms with van der Waals surface area (Å²) in [6.45, 7) is 11.2. The molecule has 1 aliphatic rings. The van der Waals surface area contributed by atoms with E-state index in [-0.39, 0.29) is 19.6 Å². The van der Waals surface area contributed by atoms with Gasteiger partial charge in [-0.3, -0.25) is 0 Å². The van der Waals surface area contributed by atoms with E-state index < -0.39 is 15.3 Å². The number of aliphatic hydroxyl groups excluding tert-OH is 1. The minimum atomic E-state index is -1.64. The average molecular weight is 458 g/mol. The van der Waals surface area contributed by atoms with Crippen LogP contribution in [0, 0.1) is 27.3 Å². The average Bonchev–Trinajstić information content (AvgIpc) is 2.90. The predicted octanol–water partition coefficient (Wildman–Crippen LogP) is 7.20. The Morgan fingerprint density at radius 2 is 1.64 bits per heavy atom. The Morgan fingerprint density at radius 1 is 1.18 bits per heavy atom. The van der Waals surface area contributed by atoms with E-state index in [4.69, 9.17) is 29.5 Å². The standard InChI is InChI=1S/C14H11.C4H10N.C3H7O.CH3.CH2.2ClH.Ti/c1-10-6-7-14-12(8-10)9-11-4-2-3-5-13(11)14;1-4(2,3)5;1-2-3-4;;;;;/h2-7H,9H2,1H3;5H,1-3H3;4H,1-3H2;1H3;1H2;2*1H;/q4*-1;;;;+2/p-2. The van der Waals surface area contributed by atoms with Gasteiger partial charge >= 0.3 is 38.7 Å². The van der Waals surface area contributed by atoms with Gasteiger partial charge in [0.15, 0.2) is 0 Å². The summed E-state index contributed by atoms with van der Waals surface area (Å²) in [4.78, 5) is 3.34. The summed E-state index contributed by atoms with van der Waals surface area (Å²) in [6.07, 6.45) is 1.67. The first-order chi connectivity index (χ1) is 12.5. The van der Waals surface area contributed by atoms with E-state index in [1.807, 2.05) is 20.8 Å². The van der Waals surface area contributed by atoms with Gasteiger partial charge in [-0.25, -0.2) is 0 Å². The molecule has 2 aromatic rings. The van der Waals surface area contributed by atoms with Gasteiger partial charge in [0.1, 0.15) is 0 Å². The number of halogens is 2. The fraction of sp³-hybridized carbons (Fsp3) is 0.348. The number of nitrogens with one attached hydrogen (secondary N) is 1. The molecule has 0 radical (unpaired) electrons. The summed E-state index contributed by atoms with van der Waals surface area (Å²) in [5.74, 6) is 0. The van der Waals surface area contributed by atoms with Crippen molar-refractivity contribution in [3.05, 3.63) is 79.2 Å². The van der Waals surface area contributed by atoms with Crippen LogP contribution in [-0.2, 0) is 21.7 Å². The van der Waals surface area contributed by atoms with Crippen LogP contribution in [-0.4, -0.2) is 22.1 Å². The molecular weight excluding hydrogens is 425 g/mol. The molecule has 2 nitrogen and oxygen atoms in total. The van der Waals surface area contributed by atoms with Crippen molar-refractivity contribution < 1.29 is 20.4 Å². The quantitative estimate of drug-likeness (QED) is 0.304. The van der Waals surface area contributed by atoms with Crippen molar-refractivity contribution in [2.75, 3.05) is 6.61 Å². The molecule has 2 aromatic carbocycles. The van der Waals surface area contributed by atoms with Crippen molar-refractivity contribution in [1.29, 1.82) is 0 Å². The van der Waals surface area contributed by atoms with Crippen LogP contribution in [0.5, 0.6) is 0 Å². The topological polar surface area (TPSA) is 44.0 Å². The summed E-state index contributed by atoms with van der Waals surface area (Å²) < 4.78 is 0. The van der Waals surface area contributed by atoms with E-state index in [1.165, 1.54) is 27.8 Å². The Balaban J connectivity index is 0. The molecule has 0 bridgehead atoms. The van der Waals surface area contributed by atoms with Crippen molar-refractivity contribution >= 4 is 23.4 Å². The van der Waals surface area contributed by atoms with Gasteiger partial charge in [0, 0.05) is 6.61 Å². The third-order valence-corrected chi connectivity index (χ3v) is 3.01. The maximum absolute atomic E-state index is 7.81. The molecular formula is C23H33Cl2NOTi-4. The molecule has 0 fully saturated rings. The zero-order valence-corrected chi connectivity index (χ0v) is 20.8. The Bertz CT molecular complexity index is 700. The van der Waals surface area contributed by atoms with E-state index in [1.54, 1.807) is 0 Å². The summed E-state index contributed by atoms with van der Waals surface area (Å²) in [6, 6.07) is 16.4. The first kappa shape index (κ1) is 29.7. The van der Waals surface area contributed by atoms with Gasteiger partial charge in [-0.05, 0) is 6.42 Å². The molecule has 1 aliphatic carbocycles. The smallest absolute Gasteiger partial charge is 0.358 e. The van der Waals surface area contributed by atoms with Crippen LogP contribution >= 0.6 is 18.6 Å². The fourth-order valence-electron chi connectivity index (χ4n) is 2.18. The Labute approximate surface area is 186 Å². The monoisotopic (exact) mass is 457 g/mol. The Morgan fingerprint density at radius 3 is 2.11 bits per heavy atom. The number of aryl methyl sites for hydroxylation is 1. The number of hydrogen-bond donors (Lipinski definition) is 1. The third kappa shape index (κ3) is 14.5. The van der Waals surface area contributed by atoms with E-state index in [2.05, 4.69) is 61.1 Å². The SMILES string of the molecule is CC(C)(C)[NH-].Cc1[c-]c2c(cc1)-c1ccccc1C2.[CH2-]CCO.[CH2]=[Ti]([Cl])[Cl].[CH3-]. The fourth-order valence-corrected chi connectivity index (χ4v) is 2.18. The van der Waals surface area contributed by atoms with Gasteiger partial charge in [0.2, 0.25) is 0 Å². The molecule has 2 N–H and O–H groups in total. The van der Waals surface area contributed by atoms with Gasteiger partial charge in [-0.15, -0.1) is 16.7 Å². The second kappa shape index (κ2) is 15.4. The van der Waals surface area contributed by atoms with Crippen LogP contribution in [0.4, 0.5) is 0 Å². The van der Waals surface area contributed by atoms with Gasteiger partial charge in [-0.1, -0.05) is 63.1 Å². The Hall–Kier alpha value is -0.476. The minimum absolute atomic E-state index is 0. The third-order valence-electron chi connectivity index (χ3n) is 3.01. The summed E-state index contributed by atoms with van der Waals surface area (Å²) in [5.41, 5.74) is 13.5. The van der Waals surface area contributed by atoms with Crippen molar-refractivity contribution in [2.45, 2.75) is 46.1 Å². The van der Waals surface area contributed by atoms with Crippen molar-refractivity contribution in [3.8, 4) is 11.1 Å².